The number of ether oxygens (including phenoxy) is 1. The van der Waals surface area contributed by atoms with Gasteiger partial charge in [-0.3, -0.25) is 4.79 Å². The van der Waals surface area contributed by atoms with E-state index in [4.69, 9.17) is 14.1 Å². The highest BCUT2D eigenvalue weighted by Gasteiger charge is 2.45. The SMILES string of the molecule is COC(=O)[C@@H]1CCCC[C@@H]1c1nccc(CO[Si](C(C)C)(C(C)C)C(C)C)n1. The van der Waals surface area contributed by atoms with Crippen LogP contribution in [0.1, 0.15) is 84.7 Å². The molecule has 5 nitrogen and oxygen atoms in total. The van der Waals surface area contributed by atoms with Crippen molar-refractivity contribution in [1.82, 2.24) is 9.97 Å². The van der Waals surface area contributed by atoms with Crippen molar-refractivity contribution in [3.05, 3.63) is 23.8 Å². The van der Waals surface area contributed by atoms with E-state index in [1.54, 1.807) is 0 Å². The lowest BCUT2D eigenvalue weighted by Gasteiger charge is -2.42. The molecular weight excluding hydrogens is 368 g/mol. The van der Waals surface area contributed by atoms with Crippen LogP contribution in [0.3, 0.4) is 0 Å². The Balaban J connectivity index is 2.21. The maximum atomic E-state index is 12.2. The number of rotatable bonds is 8. The maximum absolute atomic E-state index is 12.2. The fraction of sp³-hybridized carbons (Fsp3) is 0.773. The van der Waals surface area contributed by atoms with Gasteiger partial charge in [0.25, 0.3) is 0 Å². The van der Waals surface area contributed by atoms with E-state index in [0.717, 1.165) is 37.2 Å². The average Bonchev–Trinajstić information content (AvgIpc) is 2.67. The molecule has 0 spiro atoms. The molecule has 2 rings (SSSR count). The molecular formula is C22H38N2O3Si. The molecule has 0 unspecified atom stereocenters. The first kappa shape index (κ1) is 23.0. The summed E-state index contributed by atoms with van der Waals surface area (Å²) in [5.74, 6) is 0.539. The van der Waals surface area contributed by atoms with Gasteiger partial charge in [-0.25, -0.2) is 9.97 Å². The van der Waals surface area contributed by atoms with Crippen LogP contribution in [-0.2, 0) is 20.6 Å². The van der Waals surface area contributed by atoms with Crippen LogP contribution in [-0.4, -0.2) is 31.4 Å². The molecule has 0 amide bonds. The van der Waals surface area contributed by atoms with Gasteiger partial charge in [0.05, 0.1) is 25.3 Å². The molecule has 0 radical (unpaired) electrons. The number of hydrogen-bond donors (Lipinski definition) is 0. The first-order chi connectivity index (χ1) is 13.2. The van der Waals surface area contributed by atoms with E-state index in [0.29, 0.717) is 23.2 Å². The van der Waals surface area contributed by atoms with Gasteiger partial charge >= 0.3 is 5.97 Å². The van der Waals surface area contributed by atoms with Crippen LogP contribution in [0.25, 0.3) is 0 Å². The van der Waals surface area contributed by atoms with E-state index < -0.39 is 8.32 Å². The fourth-order valence-corrected chi connectivity index (χ4v) is 10.6. The zero-order valence-corrected chi connectivity index (χ0v) is 19.7. The Morgan fingerprint density at radius 2 is 1.71 bits per heavy atom. The molecule has 0 aromatic carbocycles. The Bertz CT molecular complexity index is 627. The third-order valence-electron chi connectivity index (χ3n) is 6.51. The van der Waals surface area contributed by atoms with Crippen LogP contribution < -0.4 is 0 Å². The highest BCUT2D eigenvalue weighted by molar-refractivity contribution is 6.77. The summed E-state index contributed by atoms with van der Waals surface area (Å²) >= 11 is 0. The van der Waals surface area contributed by atoms with Crippen LogP contribution in [0.5, 0.6) is 0 Å². The largest absolute Gasteiger partial charge is 0.469 e. The molecule has 1 aliphatic rings. The second-order valence-corrected chi connectivity index (χ2v) is 14.5. The summed E-state index contributed by atoms with van der Waals surface area (Å²) in [6.45, 7) is 14.3. The summed E-state index contributed by atoms with van der Waals surface area (Å²) in [4.78, 5) is 21.6. The number of carbonyl (C=O) groups excluding carboxylic acids is 1. The van der Waals surface area contributed by atoms with Crippen LogP contribution in [0.15, 0.2) is 12.3 Å². The Labute approximate surface area is 171 Å². The lowest BCUT2D eigenvalue weighted by molar-refractivity contribution is -0.147. The van der Waals surface area contributed by atoms with Crippen molar-refractivity contribution in [2.45, 2.75) is 96.4 Å². The predicted molar refractivity (Wildman–Crippen MR) is 115 cm³/mol. The Morgan fingerprint density at radius 3 is 2.29 bits per heavy atom. The molecule has 158 valence electrons. The van der Waals surface area contributed by atoms with Crippen LogP contribution >= 0.6 is 0 Å². The zero-order chi connectivity index (χ0) is 20.9. The Morgan fingerprint density at radius 1 is 1.11 bits per heavy atom. The van der Waals surface area contributed by atoms with Crippen molar-refractivity contribution in [3.63, 3.8) is 0 Å². The predicted octanol–water partition coefficient (Wildman–Crippen LogP) is 5.62. The van der Waals surface area contributed by atoms with Crippen molar-refractivity contribution in [1.29, 1.82) is 0 Å². The Kier molecular flexibility index (Phi) is 8.19. The minimum Gasteiger partial charge on any atom is -0.469 e. The van der Waals surface area contributed by atoms with Gasteiger partial charge in [0.15, 0.2) is 0 Å². The summed E-state index contributed by atoms with van der Waals surface area (Å²) in [7, 11) is -0.474. The quantitative estimate of drug-likeness (QED) is 0.414. The summed E-state index contributed by atoms with van der Waals surface area (Å²) in [5.41, 5.74) is 2.53. The van der Waals surface area contributed by atoms with Gasteiger partial charge in [0, 0.05) is 12.1 Å². The summed E-state index contributed by atoms with van der Waals surface area (Å²) in [5, 5.41) is 0. The first-order valence-electron chi connectivity index (χ1n) is 10.8. The van der Waals surface area contributed by atoms with E-state index in [1.165, 1.54) is 7.11 Å². The standard InChI is InChI=1S/C22H38N2O3Si/c1-15(2)28(16(3)4,17(5)6)27-14-18-12-13-23-21(24-18)19-10-8-9-11-20(19)22(25)26-7/h12-13,15-17,19-20H,8-11,14H2,1-7H3/t19-,20+/m0/s1. The molecule has 6 heteroatoms. The second kappa shape index (κ2) is 9.97. The minimum absolute atomic E-state index is 0.0449. The third-order valence-corrected chi connectivity index (χ3v) is 12.6. The average molecular weight is 407 g/mol. The first-order valence-corrected chi connectivity index (χ1v) is 12.9. The van der Waals surface area contributed by atoms with Crippen molar-refractivity contribution >= 4 is 14.3 Å². The summed E-state index contributed by atoms with van der Waals surface area (Å²) in [6, 6.07) is 1.94. The molecule has 1 saturated carbocycles. The summed E-state index contributed by atoms with van der Waals surface area (Å²) in [6.07, 6.45) is 5.77. The Hall–Kier alpha value is -1.27. The van der Waals surface area contributed by atoms with E-state index in [9.17, 15) is 4.79 Å². The van der Waals surface area contributed by atoms with Gasteiger partial charge < -0.3 is 9.16 Å². The molecule has 0 aliphatic heterocycles. The summed E-state index contributed by atoms with van der Waals surface area (Å²) < 4.78 is 11.7. The van der Waals surface area contributed by atoms with Gasteiger partial charge in [-0.1, -0.05) is 54.4 Å². The molecule has 1 heterocycles. The molecule has 1 fully saturated rings. The van der Waals surface area contributed by atoms with Crippen molar-refractivity contribution in [3.8, 4) is 0 Å². The molecule has 1 aromatic heterocycles. The van der Waals surface area contributed by atoms with Crippen molar-refractivity contribution in [2.75, 3.05) is 7.11 Å². The van der Waals surface area contributed by atoms with Gasteiger partial charge in [-0.15, -0.1) is 0 Å². The van der Waals surface area contributed by atoms with E-state index >= 15 is 0 Å². The van der Waals surface area contributed by atoms with E-state index in [2.05, 4.69) is 46.5 Å². The smallest absolute Gasteiger partial charge is 0.309 e. The van der Waals surface area contributed by atoms with Crippen molar-refractivity contribution in [2.24, 2.45) is 5.92 Å². The van der Waals surface area contributed by atoms with E-state index in [1.807, 2.05) is 12.3 Å². The van der Waals surface area contributed by atoms with Crippen LogP contribution in [0, 0.1) is 5.92 Å². The molecule has 1 aromatic rings. The molecule has 2 atom stereocenters. The van der Waals surface area contributed by atoms with Gasteiger partial charge in [-0.05, 0) is 35.5 Å². The lowest BCUT2D eigenvalue weighted by Crippen LogP contribution is -2.47. The highest BCUT2D eigenvalue weighted by Crippen LogP contribution is 2.43. The van der Waals surface area contributed by atoms with E-state index in [-0.39, 0.29) is 17.8 Å². The number of aromatic nitrogens is 2. The lowest BCUT2D eigenvalue weighted by atomic mass is 9.78. The van der Waals surface area contributed by atoms with Gasteiger partial charge in [0.2, 0.25) is 8.32 Å². The normalized spacial score (nSPS) is 20.8. The number of hydrogen-bond acceptors (Lipinski definition) is 5. The molecule has 0 saturated heterocycles. The third kappa shape index (κ3) is 4.82. The van der Waals surface area contributed by atoms with Crippen molar-refractivity contribution < 1.29 is 14.0 Å². The highest BCUT2D eigenvalue weighted by atomic mass is 28.4. The minimum atomic E-state index is -1.94. The molecule has 28 heavy (non-hydrogen) atoms. The van der Waals surface area contributed by atoms with Gasteiger partial charge in [-0.2, -0.15) is 0 Å². The molecule has 0 N–H and O–H groups in total. The number of esters is 1. The number of nitrogens with zero attached hydrogens (tertiary/aromatic N) is 2. The van der Waals surface area contributed by atoms with Gasteiger partial charge in [0.1, 0.15) is 5.82 Å². The molecule has 0 bridgehead atoms. The van der Waals surface area contributed by atoms with Crippen LogP contribution in [0.4, 0.5) is 0 Å². The molecule has 1 aliphatic carbocycles. The number of methoxy groups -OCH3 is 1. The second-order valence-electron chi connectivity index (χ2n) is 9.03. The van der Waals surface area contributed by atoms with Crippen LogP contribution in [0.2, 0.25) is 16.6 Å². The number of carbonyl (C=O) groups is 1. The monoisotopic (exact) mass is 406 g/mol. The fourth-order valence-electron chi connectivity index (χ4n) is 5.24. The zero-order valence-electron chi connectivity index (χ0n) is 18.7. The topological polar surface area (TPSA) is 61.3 Å². The maximum Gasteiger partial charge on any atom is 0.309 e.